The van der Waals surface area contributed by atoms with Crippen LogP contribution in [0.2, 0.25) is 0 Å². The van der Waals surface area contributed by atoms with Crippen molar-refractivity contribution in [3.63, 3.8) is 0 Å². The Hall–Kier alpha value is -1.85. The van der Waals surface area contributed by atoms with Gasteiger partial charge >= 0.3 is 0 Å². The Kier molecular flexibility index (Phi) is 6.36. The molecule has 0 radical (unpaired) electrons. The lowest BCUT2D eigenvalue weighted by Crippen LogP contribution is -2.28. The van der Waals surface area contributed by atoms with E-state index in [1.165, 1.54) is 0 Å². The predicted molar refractivity (Wildman–Crippen MR) is 95.6 cm³/mol. The fraction of sp³-hybridized carbons (Fsp3) is 0.412. The molecule has 2 rings (SSSR count). The zero-order valence-electron chi connectivity index (χ0n) is 14.0. The first kappa shape index (κ1) is 19.2. The van der Waals surface area contributed by atoms with Crippen LogP contribution in [0.25, 0.3) is 0 Å². The lowest BCUT2D eigenvalue weighted by Gasteiger charge is -2.15. The van der Waals surface area contributed by atoms with Crippen LogP contribution in [0, 0.1) is 5.41 Å². The van der Waals surface area contributed by atoms with Gasteiger partial charge in [0.1, 0.15) is 11.9 Å². The van der Waals surface area contributed by atoms with Gasteiger partial charge in [-0.25, -0.2) is 0 Å². The molecule has 0 saturated heterocycles. The molecule has 23 heavy (non-hydrogen) atoms. The second-order valence-corrected chi connectivity index (χ2v) is 6.76. The van der Waals surface area contributed by atoms with E-state index in [2.05, 4.69) is 31.2 Å². The summed E-state index contributed by atoms with van der Waals surface area (Å²) in [7, 11) is 1.82. The van der Waals surface area contributed by atoms with Gasteiger partial charge in [-0.05, 0) is 17.4 Å². The third-order valence-corrected chi connectivity index (χ3v) is 3.33. The number of nitrogens with two attached hydrogens (primary N) is 1. The maximum atomic E-state index is 12.3. The number of aryl methyl sites for hydroxylation is 1. The fourth-order valence-corrected chi connectivity index (χ4v) is 2.29. The van der Waals surface area contributed by atoms with Gasteiger partial charge in [-0.3, -0.25) is 9.48 Å². The Morgan fingerprint density at radius 1 is 1.30 bits per heavy atom. The van der Waals surface area contributed by atoms with E-state index in [1.807, 2.05) is 43.4 Å². The van der Waals surface area contributed by atoms with Gasteiger partial charge in [0.25, 0.3) is 0 Å². The number of hydrogen-bond donors (Lipinski definition) is 2. The number of hydrogen-bond acceptors (Lipinski definition) is 3. The molecule has 0 aliphatic rings. The molecule has 0 aliphatic heterocycles. The van der Waals surface area contributed by atoms with Crippen LogP contribution < -0.4 is 11.1 Å². The van der Waals surface area contributed by atoms with Crippen molar-refractivity contribution in [1.82, 2.24) is 9.78 Å². The summed E-state index contributed by atoms with van der Waals surface area (Å²) in [6, 6.07) is 10.5. The van der Waals surface area contributed by atoms with E-state index in [0.29, 0.717) is 5.82 Å². The van der Waals surface area contributed by atoms with Gasteiger partial charge in [-0.2, -0.15) is 5.10 Å². The lowest BCUT2D eigenvalue weighted by molar-refractivity contribution is -0.117. The SMILES string of the molecule is Cl.Cn1nc(CC(C)(C)C)cc1NC(=O)C(N)c1ccccc1. The topological polar surface area (TPSA) is 72.9 Å². The molecule has 1 amide bonds. The summed E-state index contributed by atoms with van der Waals surface area (Å²) in [6.07, 6.45) is 0.849. The number of carbonyl (C=O) groups excluding carboxylic acids is 1. The van der Waals surface area contributed by atoms with E-state index in [-0.39, 0.29) is 23.7 Å². The van der Waals surface area contributed by atoms with Gasteiger partial charge in [0.15, 0.2) is 0 Å². The van der Waals surface area contributed by atoms with Gasteiger partial charge in [0, 0.05) is 13.1 Å². The summed E-state index contributed by atoms with van der Waals surface area (Å²) in [5.41, 5.74) is 7.90. The second-order valence-electron chi connectivity index (χ2n) is 6.76. The normalized spacial score (nSPS) is 12.4. The molecule has 0 saturated carbocycles. The zero-order valence-corrected chi connectivity index (χ0v) is 14.9. The standard InChI is InChI=1S/C17H24N4O.ClH/c1-17(2,3)11-13-10-14(21(4)20-13)19-16(22)15(18)12-8-6-5-7-9-12;/h5-10,15H,11,18H2,1-4H3,(H,19,22);1H. The lowest BCUT2D eigenvalue weighted by atomic mass is 9.91. The molecule has 1 heterocycles. The first-order chi connectivity index (χ1) is 10.3. The van der Waals surface area contributed by atoms with Crippen molar-refractivity contribution >= 4 is 24.1 Å². The van der Waals surface area contributed by atoms with Crippen molar-refractivity contribution in [3.8, 4) is 0 Å². The van der Waals surface area contributed by atoms with Crippen LogP contribution in [0.1, 0.15) is 38.1 Å². The van der Waals surface area contributed by atoms with Crippen LogP contribution in [0.15, 0.2) is 36.4 Å². The van der Waals surface area contributed by atoms with Crippen LogP contribution in [0.3, 0.4) is 0 Å². The molecule has 1 aromatic heterocycles. The summed E-state index contributed by atoms with van der Waals surface area (Å²) in [5.74, 6) is 0.423. The number of rotatable bonds is 4. The molecule has 0 aliphatic carbocycles. The Morgan fingerprint density at radius 3 is 2.48 bits per heavy atom. The Bertz CT molecular complexity index is 646. The Balaban J connectivity index is 0.00000264. The maximum Gasteiger partial charge on any atom is 0.247 e. The highest BCUT2D eigenvalue weighted by molar-refractivity contribution is 5.94. The average molecular weight is 337 g/mol. The highest BCUT2D eigenvalue weighted by atomic mass is 35.5. The minimum atomic E-state index is -0.692. The Morgan fingerprint density at radius 2 is 1.91 bits per heavy atom. The number of benzene rings is 1. The quantitative estimate of drug-likeness (QED) is 0.901. The third-order valence-electron chi connectivity index (χ3n) is 3.33. The van der Waals surface area contributed by atoms with Crippen LogP contribution in [0.5, 0.6) is 0 Å². The molecular formula is C17H25ClN4O. The molecule has 1 unspecified atom stereocenters. The number of carbonyl (C=O) groups is 1. The number of nitrogens with zero attached hydrogens (tertiary/aromatic N) is 2. The summed E-state index contributed by atoms with van der Waals surface area (Å²) in [5, 5.41) is 7.29. The van der Waals surface area contributed by atoms with Crippen molar-refractivity contribution in [3.05, 3.63) is 47.7 Å². The van der Waals surface area contributed by atoms with E-state index >= 15 is 0 Å². The molecule has 0 fully saturated rings. The molecule has 5 nitrogen and oxygen atoms in total. The van der Waals surface area contributed by atoms with Gasteiger partial charge < -0.3 is 11.1 Å². The molecule has 1 aromatic carbocycles. The largest absolute Gasteiger partial charge is 0.316 e. The third kappa shape index (κ3) is 5.37. The number of nitrogens with one attached hydrogen (secondary N) is 1. The summed E-state index contributed by atoms with van der Waals surface area (Å²) in [6.45, 7) is 6.47. The Labute approximate surface area is 143 Å². The van der Waals surface area contributed by atoms with Gasteiger partial charge in [0.05, 0.1) is 5.69 Å². The van der Waals surface area contributed by atoms with Gasteiger partial charge in [-0.1, -0.05) is 51.1 Å². The van der Waals surface area contributed by atoms with Crippen LogP contribution >= 0.6 is 12.4 Å². The molecule has 1 atom stereocenters. The average Bonchev–Trinajstić information content (AvgIpc) is 2.76. The number of anilines is 1. The second kappa shape index (κ2) is 7.62. The smallest absolute Gasteiger partial charge is 0.247 e. The van der Waals surface area contributed by atoms with Crippen molar-refractivity contribution < 1.29 is 4.79 Å². The molecular weight excluding hydrogens is 312 g/mol. The molecule has 2 aromatic rings. The predicted octanol–water partition coefficient (Wildman–Crippen LogP) is 3.07. The van der Waals surface area contributed by atoms with E-state index < -0.39 is 6.04 Å². The highest BCUT2D eigenvalue weighted by Crippen LogP contribution is 2.22. The van der Waals surface area contributed by atoms with E-state index in [0.717, 1.165) is 17.7 Å². The minimum Gasteiger partial charge on any atom is -0.316 e. The minimum absolute atomic E-state index is 0. The summed E-state index contributed by atoms with van der Waals surface area (Å²) >= 11 is 0. The van der Waals surface area contributed by atoms with E-state index in [1.54, 1.807) is 4.68 Å². The van der Waals surface area contributed by atoms with Crippen molar-refractivity contribution in [1.29, 1.82) is 0 Å². The first-order valence-corrected chi connectivity index (χ1v) is 7.40. The molecule has 0 spiro atoms. The highest BCUT2D eigenvalue weighted by Gasteiger charge is 2.19. The molecule has 0 bridgehead atoms. The van der Waals surface area contributed by atoms with E-state index in [9.17, 15) is 4.79 Å². The molecule has 3 N–H and O–H groups in total. The number of aromatic nitrogens is 2. The van der Waals surface area contributed by atoms with Crippen LogP contribution in [0.4, 0.5) is 5.82 Å². The van der Waals surface area contributed by atoms with Gasteiger partial charge in [0.2, 0.25) is 5.91 Å². The van der Waals surface area contributed by atoms with E-state index in [4.69, 9.17) is 5.73 Å². The maximum absolute atomic E-state index is 12.3. The fourth-order valence-electron chi connectivity index (χ4n) is 2.29. The molecule has 6 heteroatoms. The zero-order chi connectivity index (χ0) is 16.3. The monoisotopic (exact) mass is 336 g/mol. The number of halogens is 1. The van der Waals surface area contributed by atoms with Crippen LogP contribution in [-0.4, -0.2) is 15.7 Å². The van der Waals surface area contributed by atoms with Crippen molar-refractivity contribution in [2.75, 3.05) is 5.32 Å². The summed E-state index contributed by atoms with van der Waals surface area (Å²) in [4.78, 5) is 12.3. The van der Waals surface area contributed by atoms with Crippen LogP contribution in [-0.2, 0) is 18.3 Å². The van der Waals surface area contributed by atoms with Crippen molar-refractivity contribution in [2.45, 2.75) is 33.2 Å². The van der Waals surface area contributed by atoms with Gasteiger partial charge in [-0.15, -0.1) is 12.4 Å². The number of amides is 1. The van der Waals surface area contributed by atoms with Crippen molar-refractivity contribution in [2.24, 2.45) is 18.2 Å². The molecule has 126 valence electrons. The summed E-state index contributed by atoms with van der Waals surface area (Å²) < 4.78 is 1.68. The first-order valence-electron chi connectivity index (χ1n) is 7.40.